The van der Waals surface area contributed by atoms with E-state index in [1.807, 2.05) is 13.8 Å². The maximum atomic E-state index is 11.9. The molecule has 0 saturated carbocycles. The molecule has 12 heteroatoms. The van der Waals surface area contributed by atoms with Gasteiger partial charge in [-0.3, -0.25) is 4.18 Å². The van der Waals surface area contributed by atoms with Crippen LogP contribution in [0.5, 0.6) is 0 Å². The van der Waals surface area contributed by atoms with Crippen molar-refractivity contribution in [3.63, 3.8) is 0 Å². The molecule has 0 radical (unpaired) electrons. The van der Waals surface area contributed by atoms with Gasteiger partial charge in [0.2, 0.25) is 0 Å². The number of hydrogen-bond donors (Lipinski definition) is 0. The number of rotatable bonds is 27. The maximum absolute atomic E-state index is 11.9. The first kappa shape index (κ1) is 33.8. The number of ether oxygens (including phenoxy) is 8. The Morgan fingerprint density at radius 2 is 0.838 bits per heavy atom. The summed E-state index contributed by atoms with van der Waals surface area (Å²) in [5, 5.41) is 0. The summed E-state index contributed by atoms with van der Waals surface area (Å²) in [5.41, 5.74) is 0. The standard InChI is InChI=1S/C25H44O11S/c1-24(2)35-22-20-33-18-16-31-14-12-29-10-8-28-9-11-30-13-15-32-17-19-34-21-23-36-37(26,27)25-6-4-3-5-7-25/h3-7,24H,8-23H2,1-2H3. The topological polar surface area (TPSA) is 117 Å². The molecule has 0 atom stereocenters. The van der Waals surface area contributed by atoms with Crippen molar-refractivity contribution in [2.75, 3.05) is 106 Å². The fourth-order valence-corrected chi connectivity index (χ4v) is 3.54. The van der Waals surface area contributed by atoms with E-state index < -0.39 is 10.1 Å². The van der Waals surface area contributed by atoms with Crippen LogP contribution < -0.4 is 0 Å². The van der Waals surface area contributed by atoms with Gasteiger partial charge in [0.15, 0.2) is 0 Å². The van der Waals surface area contributed by atoms with Gasteiger partial charge in [-0.2, -0.15) is 8.42 Å². The Balaban J connectivity index is 1.72. The van der Waals surface area contributed by atoms with Crippen LogP contribution in [0.15, 0.2) is 35.2 Å². The number of benzene rings is 1. The summed E-state index contributed by atoms with van der Waals surface area (Å²) < 4.78 is 71.9. The average Bonchev–Trinajstić information content (AvgIpc) is 2.89. The van der Waals surface area contributed by atoms with Crippen molar-refractivity contribution in [1.82, 2.24) is 0 Å². The summed E-state index contributed by atoms with van der Waals surface area (Å²) in [6, 6.07) is 7.99. The third-order valence-electron chi connectivity index (χ3n) is 4.41. The molecule has 0 amide bonds. The molecular formula is C25H44O11S. The van der Waals surface area contributed by atoms with Crippen LogP contribution in [-0.4, -0.2) is 120 Å². The van der Waals surface area contributed by atoms with E-state index in [1.54, 1.807) is 18.2 Å². The molecule has 0 aliphatic heterocycles. The van der Waals surface area contributed by atoms with Gasteiger partial charge in [-0.1, -0.05) is 18.2 Å². The third kappa shape index (κ3) is 21.4. The molecule has 0 spiro atoms. The fraction of sp³-hybridized carbons (Fsp3) is 0.760. The molecule has 1 aromatic carbocycles. The first-order valence-electron chi connectivity index (χ1n) is 12.6. The summed E-state index contributed by atoms with van der Waals surface area (Å²) >= 11 is 0. The molecule has 0 aromatic heterocycles. The first-order valence-corrected chi connectivity index (χ1v) is 14.0. The third-order valence-corrected chi connectivity index (χ3v) is 5.74. The zero-order valence-electron chi connectivity index (χ0n) is 22.2. The zero-order valence-corrected chi connectivity index (χ0v) is 23.0. The highest BCUT2D eigenvalue weighted by Gasteiger charge is 2.13. The maximum Gasteiger partial charge on any atom is 0.297 e. The molecule has 1 rings (SSSR count). The van der Waals surface area contributed by atoms with E-state index in [0.29, 0.717) is 92.5 Å². The molecule has 0 saturated heterocycles. The van der Waals surface area contributed by atoms with Gasteiger partial charge < -0.3 is 37.9 Å². The Morgan fingerprint density at radius 3 is 1.19 bits per heavy atom. The molecule has 0 aliphatic rings. The van der Waals surface area contributed by atoms with Gasteiger partial charge in [-0.25, -0.2) is 0 Å². The van der Waals surface area contributed by atoms with Crippen LogP contribution in [0, 0.1) is 0 Å². The van der Waals surface area contributed by atoms with Gasteiger partial charge in [0.25, 0.3) is 10.1 Å². The predicted octanol–water partition coefficient (Wildman–Crippen LogP) is 1.93. The highest BCUT2D eigenvalue weighted by Crippen LogP contribution is 2.10. The lowest BCUT2D eigenvalue weighted by atomic mass is 10.4. The van der Waals surface area contributed by atoms with Gasteiger partial charge >= 0.3 is 0 Å². The van der Waals surface area contributed by atoms with Gasteiger partial charge in [-0.05, 0) is 26.0 Å². The average molecular weight is 553 g/mol. The van der Waals surface area contributed by atoms with E-state index >= 15 is 0 Å². The van der Waals surface area contributed by atoms with Crippen LogP contribution in [0.3, 0.4) is 0 Å². The first-order chi connectivity index (χ1) is 18.0. The Labute approximate surface area is 221 Å². The smallest absolute Gasteiger partial charge is 0.297 e. The van der Waals surface area contributed by atoms with E-state index in [4.69, 9.17) is 42.1 Å². The van der Waals surface area contributed by atoms with E-state index in [-0.39, 0.29) is 24.2 Å². The second-order valence-corrected chi connectivity index (χ2v) is 9.41. The summed E-state index contributed by atoms with van der Waals surface area (Å²) in [7, 11) is -3.75. The van der Waals surface area contributed by atoms with Crippen molar-refractivity contribution in [2.45, 2.75) is 24.8 Å². The number of hydrogen-bond acceptors (Lipinski definition) is 11. The molecule has 0 aliphatic carbocycles. The highest BCUT2D eigenvalue weighted by atomic mass is 32.2. The van der Waals surface area contributed by atoms with Crippen LogP contribution in [-0.2, 0) is 52.2 Å². The van der Waals surface area contributed by atoms with Crippen molar-refractivity contribution in [3.05, 3.63) is 30.3 Å². The molecule has 216 valence electrons. The zero-order chi connectivity index (χ0) is 26.9. The van der Waals surface area contributed by atoms with Crippen molar-refractivity contribution in [3.8, 4) is 0 Å². The Kier molecular flexibility index (Phi) is 21.9. The lowest BCUT2D eigenvalue weighted by Crippen LogP contribution is -2.15. The van der Waals surface area contributed by atoms with E-state index in [1.165, 1.54) is 12.1 Å². The highest BCUT2D eigenvalue weighted by molar-refractivity contribution is 7.86. The Hall–Kier alpha value is -1.19. The van der Waals surface area contributed by atoms with Gasteiger partial charge in [0, 0.05) is 0 Å². The van der Waals surface area contributed by atoms with E-state index in [0.717, 1.165) is 0 Å². The Morgan fingerprint density at radius 1 is 0.514 bits per heavy atom. The minimum Gasteiger partial charge on any atom is -0.377 e. The summed E-state index contributed by atoms with van der Waals surface area (Å²) in [5.74, 6) is 0. The largest absolute Gasteiger partial charge is 0.377 e. The van der Waals surface area contributed by atoms with Crippen molar-refractivity contribution in [1.29, 1.82) is 0 Å². The van der Waals surface area contributed by atoms with Crippen LogP contribution in [0.2, 0.25) is 0 Å². The van der Waals surface area contributed by atoms with Crippen LogP contribution in [0.25, 0.3) is 0 Å². The minimum absolute atomic E-state index is 0.0517. The lowest BCUT2D eigenvalue weighted by Gasteiger charge is -2.09. The summed E-state index contributed by atoms with van der Waals surface area (Å²) in [4.78, 5) is 0.125. The lowest BCUT2D eigenvalue weighted by molar-refractivity contribution is -0.0258. The quantitative estimate of drug-likeness (QED) is 0.118. The van der Waals surface area contributed by atoms with Crippen LogP contribution >= 0.6 is 0 Å². The van der Waals surface area contributed by atoms with Crippen LogP contribution in [0.4, 0.5) is 0 Å². The molecule has 1 aromatic rings. The van der Waals surface area contributed by atoms with Gasteiger partial charge in [0.05, 0.1) is 117 Å². The molecule has 37 heavy (non-hydrogen) atoms. The molecule has 0 heterocycles. The Bertz CT molecular complexity index is 717. The monoisotopic (exact) mass is 552 g/mol. The molecule has 0 fully saturated rings. The second kappa shape index (κ2) is 23.9. The summed E-state index contributed by atoms with van der Waals surface area (Å²) in [6.07, 6.45) is 0.224. The second-order valence-electron chi connectivity index (χ2n) is 7.80. The normalized spacial score (nSPS) is 12.0. The van der Waals surface area contributed by atoms with Gasteiger partial charge in [0.1, 0.15) is 0 Å². The molecule has 0 unspecified atom stereocenters. The van der Waals surface area contributed by atoms with E-state index in [9.17, 15) is 8.42 Å². The van der Waals surface area contributed by atoms with Gasteiger partial charge in [-0.15, -0.1) is 0 Å². The summed E-state index contributed by atoms with van der Waals surface area (Å²) in [6.45, 7) is 10.9. The molecule has 0 N–H and O–H groups in total. The minimum atomic E-state index is -3.75. The molecular weight excluding hydrogens is 508 g/mol. The fourth-order valence-electron chi connectivity index (χ4n) is 2.62. The van der Waals surface area contributed by atoms with Crippen molar-refractivity contribution < 1.29 is 50.5 Å². The van der Waals surface area contributed by atoms with E-state index in [2.05, 4.69) is 0 Å². The van der Waals surface area contributed by atoms with Crippen LogP contribution in [0.1, 0.15) is 13.8 Å². The van der Waals surface area contributed by atoms with Crippen molar-refractivity contribution in [2.24, 2.45) is 0 Å². The predicted molar refractivity (Wildman–Crippen MR) is 136 cm³/mol. The molecule has 0 bridgehead atoms. The molecule has 11 nitrogen and oxygen atoms in total. The SMILES string of the molecule is CC(C)OCCOCCOCCOCCOCCOCCOCCOCCOS(=O)(=O)c1ccccc1. The van der Waals surface area contributed by atoms with Crippen molar-refractivity contribution >= 4 is 10.1 Å².